The van der Waals surface area contributed by atoms with Gasteiger partial charge in [0.1, 0.15) is 12.0 Å². The van der Waals surface area contributed by atoms with Crippen molar-refractivity contribution in [1.29, 1.82) is 0 Å². The maximum absolute atomic E-state index is 11.8. The summed E-state index contributed by atoms with van der Waals surface area (Å²) in [5.74, 6) is 0.262. The number of hydrogen-bond donors (Lipinski definition) is 2. The fourth-order valence-electron chi connectivity index (χ4n) is 2.28. The zero-order valence-electron chi connectivity index (χ0n) is 13.5. The lowest BCUT2D eigenvalue weighted by Crippen LogP contribution is -2.46. The minimum Gasteiger partial charge on any atom is -0.484 e. The normalized spacial score (nSPS) is 12.4. The van der Waals surface area contributed by atoms with Gasteiger partial charge in [-0.25, -0.2) is 0 Å². The molecule has 124 valence electrons. The number of anilines is 2. The van der Waals surface area contributed by atoms with Gasteiger partial charge in [-0.2, -0.15) is 0 Å². The van der Waals surface area contributed by atoms with Gasteiger partial charge in [0, 0.05) is 15.9 Å². The zero-order chi connectivity index (χ0) is 17.2. The molecule has 5 nitrogen and oxygen atoms in total. The zero-order valence-corrected chi connectivity index (χ0v) is 14.3. The molecule has 0 radical (unpaired) electrons. The third-order valence-electron chi connectivity index (χ3n) is 3.45. The van der Waals surface area contributed by atoms with Gasteiger partial charge >= 0.3 is 0 Å². The average Bonchev–Trinajstić information content (AvgIpc) is 2.57. The summed E-state index contributed by atoms with van der Waals surface area (Å²) < 4.78 is 5.54. The van der Waals surface area contributed by atoms with E-state index in [-0.39, 0.29) is 12.5 Å². The number of ether oxygens (including phenoxy) is 1. The van der Waals surface area contributed by atoms with Crippen molar-refractivity contribution < 1.29 is 14.3 Å². The third-order valence-corrected chi connectivity index (χ3v) is 4.61. The van der Waals surface area contributed by atoms with Crippen LogP contribution in [0.2, 0.25) is 0 Å². The van der Waals surface area contributed by atoms with Crippen LogP contribution in [0.3, 0.4) is 0 Å². The van der Waals surface area contributed by atoms with Crippen LogP contribution in [0.25, 0.3) is 0 Å². The molecule has 0 aliphatic carbocycles. The predicted molar refractivity (Wildman–Crippen MR) is 94.1 cm³/mol. The minimum atomic E-state index is -0.891. The lowest BCUT2D eigenvalue weighted by molar-refractivity contribution is -0.127. The number of hydrogen-bond acceptors (Lipinski definition) is 5. The van der Waals surface area contributed by atoms with Gasteiger partial charge in [0.05, 0.1) is 16.9 Å². The number of carbonyl (C=O) groups excluding carboxylic acids is 2. The highest BCUT2D eigenvalue weighted by Gasteiger charge is 2.20. The highest BCUT2D eigenvalue weighted by molar-refractivity contribution is 7.99. The third kappa shape index (κ3) is 3.71. The Balaban J connectivity index is 1.65. The summed E-state index contributed by atoms with van der Waals surface area (Å²) in [4.78, 5) is 24.9. The summed E-state index contributed by atoms with van der Waals surface area (Å²) in [6, 6.07) is 13.8. The van der Waals surface area contributed by atoms with E-state index >= 15 is 0 Å². The van der Waals surface area contributed by atoms with Crippen LogP contribution in [-0.4, -0.2) is 24.3 Å². The maximum Gasteiger partial charge on any atom is 0.258 e. The molecule has 1 aliphatic heterocycles. The molecule has 0 saturated heterocycles. The second kappa shape index (κ2) is 6.57. The van der Waals surface area contributed by atoms with Crippen LogP contribution < -0.4 is 15.4 Å². The number of nitrogens with one attached hydrogen (secondary N) is 2. The van der Waals surface area contributed by atoms with Crippen LogP contribution in [0.5, 0.6) is 5.75 Å². The van der Waals surface area contributed by atoms with Crippen molar-refractivity contribution in [2.45, 2.75) is 29.2 Å². The van der Waals surface area contributed by atoms with E-state index < -0.39 is 5.54 Å². The number of rotatable bonds is 5. The number of amides is 1. The standard InChI is InChI=1S/C18H18N2O3S/c1-18(2,11-21)20-17(22)10-23-12-7-8-16-14(9-12)19-13-5-3-4-6-15(13)24-16/h3-9,11,19H,10H2,1-2H3,(H,20,22). The maximum atomic E-state index is 11.8. The Morgan fingerprint density at radius 2 is 1.96 bits per heavy atom. The summed E-state index contributed by atoms with van der Waals surface area (Å²) >= 11 is 1.69. The van der Waals surface area contributed by atoms with Gasteiger partial charge in [-0.1, -0.05) is 23.9 Å². The molecule has 1 amide bonds. The molecule has 0 saturated carbocycles. The van der Waals surface area contributed by atoms with E-state index in [9.17, 15) is 9.59 Å². The van der Waals surface area contributed by atoms with Gasteiger partial charge in [-0.05, 0) is 38.1 Å². The summed E-state index contributed by atoms with van der Waals surface area (Å²) in [5.41, 5.74) is 1.11. The van der Waals surface area contributed by atoms with E-state index in [1.807, 2.05) is 36.4 Å². The van der Waals surface area contributed by atoms with Crippen LogP contribution in [0.4, 0.5) is 11.4 Å². The Labute approximate surface area is 144 Å². The second-order valence-electron chi connectivity index (χ2n) is 6.06. The van der Waals surface area contributed by atoms with E-state index in [1.165, 1.54) is 4.90 Å². The molecule has 0 fully saturated rings. The Morgan fingerprint density at radius 3 is 2.75 bits per heavy atom. The lowest BCUT2D eigenvalue weighted by Gasteiger charge is -2.21. The second-order valence-corrected chi connectivity index (χ2v) is 7.14. The van der Waals surface area contributed by atoms with E-state index in [1.54, 1.807) is 25.6 Å². The van der Waals surface area contributed by atoms with Crippen molar-refractivity contribution in [2.24, 2.45) is 0 Å². The Kier molecular flexibility index (Phi) is 4.49. The molecule has 0 bridgehead atoms. The molecule has 1 heterocycles. The van der Waals surface area contributed by atoms with Gasteiger partial charge in [-0.15, -0.1) is 0 Å². The monoisotopic (exact) mass is 342 g/mol. The first-order valence-electron chi connectivity index (χ1n) is 7.55. The number of carbonyl (C=O) groups is 2. The predicted octanol–water partition coefficient (Wildman–Crippen LogP) is 3.37. The van der Waals surface area contributed by atoms with Crippen LogP contribution >= 0.6 is 11.8 Å². The molecule has 1 aliphatic rings. The van der Waals surface area contributed by atoms with Gasteiger partial charge in [0.2, 0.25) is 0 Å². The number of para-hydroxylation sites is 1. The largest absolute Gasteiger partial charge is 0.484 e. The molecule has 2 N–H and O–H groups in total. The Bertz CT molecular complexity index is 790. The van der Waals surface area contributed by atoms with Crippen LogP contribution in [0.15, 0.2) is 52.3 Å². The van der Waals surface area contributed by atoms with Crippen molar-refractivity contribution in [3.8, 4) is 5.75 Å². The summed E-state index contributed by atoms with van der Waals surface area (Å²) in [7, 11) is 0. The fraction of sp³-hybridized carbons (Fsp3) is 0.222. The minimum absolute atomic E-state index is 0.139. The lowest BCUT2D eigenvalue weighted by atomic mass is 10.1. The molecule has 3 rings (SSSR count). The highest BCUT2D eigenvalue weighted by Crippen LogP contribution is 2.44. The topological polar surface area (TPSA) is 67.4 Å². The van der Waals surface area contributed by atoms with E-state index in [0.29, 0.717) is 12.0 Å². The van der Waals surface area contributed by atoms with Crippen LogP contribution in [0, 0.1) is 0 Å². The van der Waals surface area contributed by atoms with Gasteiger partial charge in [0.15, 0.2) is 6.61 Å². The van der Waals surface area contributed by atoms with Crippen molar-refractivity contribution >= 4 is 35.3 Å². The van der Waals surface area contributed by atoms with Gasteiger partial charge in [0.25, 0.3) is 5.91 Å². The molecule has 0 spiro atoms. The van der Waals surface area contributed by atoms with Crippen molar-refractivity contribution in [2.75, 3.05) is 11.9 Å². The van der Waals surface area contributed by atoms with Crippen LogP contribution in [0.1, 0.15) is 13.8 Å². The first-order valence-corrected chi connectivity index (χ1v) is 8.36. The SMILES string of the molecule is CC(C)(C=O)NC(=O)COc1ccc2c(c1)Nc1ccccc1S2. The smallest absolute Gasteiger partial charge is 0.258 e. The molecular formula is C18H18N2O3S. The van der Waals surface area contributed by atoms with Crippen molar-refractivity contribution in [3.05, 3.63) is 42.5 Å². The van der Waals surface area contributed by atoms with Crippen molar-refractivity contribution in [3.63, 3.8) is 0 Å². The van der Waals surface area contributed by atoms with E-state index in [0.717, 1.165) is 16.3 Å². The molecule has 0 aromatic heterocycles. The molecule has 24 heavy (non-hydrogen) atoms. The number of benzene rings is 2. The highest BCUT2D eigenvalue weighted by atomic mass is 32.2. The molecule has 2 aromatic carbocycles. The average molecular weight is 342 g/mol. The molecule has 0 unspecified atom stereocenters. The molecule has 2 aromatic rings. The quantitative estimate of drug-likeness (QED) is 0.696. The van der Waals surface area contributed by atoms with Gasteiger partial charge in [-0.3, -0.25) is 4.79 Å². The van der Waals surface area contributed by atoms with Crippen molar-refractivity contribution in [1.82, 2.24) is 5.32 Å². The van der Waals surface area contributed by atoms with Crippen LogP contribution in [-0.2, 0) is 9.59 Å². The molecule has 6 heteroatoms. The van der Waals surface area contributed by atoms with E-state index in [4.69, 9.17) is 4.74 Å². The Morgan fingerprint density at radius 1 is 1.21 bits per heavy atom. The number of fused-ring (bicyclic) bond motifs is 2. The first-order chi connectivity index (χ1) is 11.5. The fourth-order valence-corrected chi connectivity index (χ4v) is 3.25. The van der Waals surface area contributed by atoms with Gasteiger partial charge < -0.3 is 20.2 Å². The molecular weight excluding hydrogens is 324 g/mol. The summed E-state index contributed by atoms with van der Waals surface area (Å²) in [6.45, 7) is 3.13. The Hall–Kier alpha value is -2.47. The number of aldehydes is 1. The summed E-state index contributed by atoms with van der Waals surface area (Å²) in [6.07, 6.45) is 0.697. The molecule has 0 atom stereocenters. The summed E-state index contributed by atoms with van der Waals surface area (Å²) in [5, 5.41) is 5.97. The van der Waals surface area contributed by atoms with E-state index in [2.05, 4.69) is 16.7 Å². The first kappa shape index (κ1) is 16.4.